The Morgan fingerprint density at radius 1 is 0.926 bits per heavy atom. The van der Waals surface area contributed by atoms with Crippen LogP contribution in [-0.4, -0.2) is 43.2 Å². The number of amides is 1. The van der Waals surface area contributed by atoms with Gasteiger partial charge in [-0.25, -0.2) is 0 Å². The molecule has 7 heteroatoms. The molecule has 3 rings (SSSR count). The van der Waals surface area contributed by atoms with Crippen molar-refractivity contribution < 1.29 is 14.7 Å². The molecular weight excluding hydrogens is 366 g/mol. The summed E-state index contributed by atoms with van der Waals surface area (Å²) in [4.78, 5) is 26.8. The molecule has 0 atom stereocenters. The quantitative estimate of drug-likeness (QED) is 0.794. The van der Waals surface area contributed by atoms with Crippen molar-refractivity contribution in [2.45, 2.75) is 12.8 Å². The molecule has 0 saturated carbocycles. The highest BCUT2D eigenvalue weighted by molar-refractivity contribution is 6.30. The van der Waals surface area contributed by atoms with Gasteiger partial charge in [0.15, 0.2) is 0 Å². The van der Waals surface area contributed by atoms with E-state index in [1.807, 2.05) is 42.5 Å². The summed E-state index contributed by atoms with van der Waals surface area (Å²) in [5.74, 6) is -1.27. The molecule has 0 spiro atoms. The molecule has 1 saturated heterocycles. The second-order valence-corrected chi connectivity index (χ2v) is 6.88. The fourth-order valence-electron chi connectivity index (χ4n) is 3.10. The van der Waals surface area contributed by atoms with Gasteiger partial charge >= 0.3 is 5.97 Å². The molecule has 2 N–H and O–H groups in total. The molecule has 2 aromatic carbocycles. The normalized spacial score (nSPS) is 14.1. The van der Waals surface area contributed by atoms with Gasteiger partial charge in [-0.1, -0.05) is 17.7 Å². The standard InChI is InChI=1S/C20H22ClN3O3/c21-15-2-1-3-18(14-15)24-12-10-23(11-13-24)17-6-4-16(5-7-17)22-19(25)8-9-20(26)27/h1-7,14H,8-13H2,(H,22,25)(H,26,27). The van der Waals surface area contributed by atoms with Gasteiger partial charge in [-0.05, 0) is 42.5 Å². The third kappa shape index (κ3) is 5.37. The van der Waals surface area contributed by atoms with Crippen molar-refractivity contribution in [1.82, 2.24) is 0 Å². The number of rotatable bonds is 6. The topological polar surface area (TPSA) is 72.9 Å². The number of anilines is 3. The Hall–Kier alpha value is -2.73. The number of hydrogen-bond donors (Lipinski definition) is 2. The molecule has 0 bridgehead atoms. The number of hydrogen-bond acceptors (Lipinski definition) is 4. The zero-order chi connectivity index (χ0) is 19.2. The van der Waals surface area contributed by atoms with E-state index < -0.39 is 5.97 Å². The first-order chi connectivity index (χ1) is 13.0. The third-order valence-electron chi connectivity index (χ3n) is 4.54. The van der Waals surface area contributed by atoms with Crippen LogP contribution >= 0.6 is 11.6 Å². The number of benzene rings is 2. The maximum atomic E-state index is 11.7. The highest BCUT2D eigenvalue weighted by Crippen LogP contribution is 2.24. The van der Waals surface area contributed by atoms with Gasteiger partial charge in [0.05, 0.1) is 6.42 Å². The fourth-order valence-corrected chi connectivity index (χ4v) is 3.28. The van der Waals surface area contributed by atoms with E-state index in [-0.39, 0.29) is 18.7 Å². The summed E-state index contributed by atoms with van der Waals surface area (Å²) in [5.41, 5.74) is 2.91. The van der Waals surface area contributed by atoms with E-state index in [9.17, 15) is 9.59 Å². The molecule has 1 heterocycles. The van der Waals surface area contributed by atoms with Gasteiger partial charge in [0.1, 0.15) is 0 Å². The second-order valence-electron chi connectivity index (χ2n) is 6.44. The number of nitrogens with one attached hydrogen (secondary N) is 1. The molecule has 0 aromatic heterocycles. The second kappa shape index (κ2) is 8.77. The minimum Gasteiger partial charge on any atom is -0.481 e. The van der Waals surface area contributed by atoms with E-state index in [0.29, 0.717) is 5.69 Å². The van der Waals surface area contributed by atoms with Gasteiger partial charge in [0.2, 0.25) is 5.91 Å². The van der Waals surface area contributed by atoms with Crippen LogP contribution in [0, 0.1) is 0 Å². The minimum atomic E-state index is -0.975. The first kappa shape index (κ1) is 19.0. The van der Waals surface area contributed by atoms with Crippen LogP contribution in [0.5, 0.6) is 0 Å². The van der Waals surface area contributed by atoms with Gasteiger partial charge in [-0.3, -0.25) is 9.59 Å². The van der Waals surface area contributed by atoms with E-state index in [2.05, 4.69) is 21.2 Å². The van der Waals surface area contributed by atoms with Crippen molar-refractivity contribution in [3.8, 4) is 0 Å². The molecular formula is C20H22ClN3O3. The maximum absolute atomic E-state index is 11.7. The van der Waals surface area contributed by atoms with Gasteiger partial charge in [-0.15, -0.1) is 0 Å². The average molecular weight is 388 g/mol. The van der Waals surface area contributed by atoms with Gasteiger partial charge < -0.3 is 20.2 Å². The molecule has 1 amide bonds. The summed E-state index contributed by atoms with van der Waals surface area (Å²) in [6, 6.07) is 15.5. The Bertz CT molecular complexity index is 802. The molecule has 0 radical (unpaired) electrons. The van der Waals surface area contributed by atoms with Crippen molar-refractivity contribution in [2.24, 2.45) is 0 Å². The predicted octanol–water partition coefficient (Wildman–Crippen LogP) is 3.47. The van der Waals surface area contributed by atoms with Crippen LogP contribution in [0.15, 0.2) is 48.5 Å². The van der Waals surface area contributed by atoms with E-state index in [1.165, 1.54) is 0 Å². The summed E-state index contributed by atoms with van der Waals surface area (Å²) >= 11 is 6.08. The Morgan fingerprint density at radius 2 is 1.56 bits per heavy atom. The van der Waals surface area contributed by atoms with Gasteiger partial charge in [0, 0.05) is 54.7 Å². The fraction of sp³-hybridized carbons (Fsp3) is 0.300. The Labute approximate surface area is 163 Å². The Morgan fingerprint density at radius 3 is 2.15 bits per heavy atom. The van der Waals surface area contributed by atoms with E-state index in [1.54, 1.807) is 0 Å². The average Bonchev–Trinajstić information content (AvgIpc) is 2.67. The summed E-state index contributed by atoms with van der Waals surface area (Å²) < 4.78 is 0. The minimum absolute atomic E-state index is 0.0253. The highest BCUT2D eigenvalue weighted by Gasteiger charge is 2.17. The van der Waals surface area contributed by atoms with Crippen LogP contribution < -0.4 is 15.1 Å². The lowest BCUT2D eigenvalue weighted by Gasteiger charge is -2.37. The molecule has 0 aliphatic carbocycles. The van der Waals surface area contributed by atoms with E-state index >= 15 is 0 Å². The summed E-state index contributed by atoms with van der Waals surface area (Å²) in [6.07, 6.45) is -0.191. The highest BCUT2D eigenvalue weighted by atomic mass is 35.5. The molecule has 1 aliphatic heterocycles. The summed E-state index contributed by atoms with van der Waals surface area (Å²) in [7, 11) is 0. The first-order valence-corrected chi connectivity index (χ1v) is 9.26. The van der Waals surface area contributed by atoms with Crippen LogP contribution in [-0.2, 0) is 9.59 Å². The zero-order valence-electron chi connectivity index (χ0n) is 14.9. The lowest BCUT2D eigenvalue weighted by molar-refractivity contribution is -0.138. The number of nitrogens with zero attached hydrogens (tertiary/aromatic N) is 2. The molecule has 1 aliphatic rings. The number of carboxylic acids is 1. The van der Waals surface area contributed by atoms with Crippen LogP contribution in [0.1, 0.15) is 12.8 Å². The van der Waals surface area contributed by atoms with E-state index in [0.717, 1.165) is 42.6 Å². The summed E-state index contributed by atoms with van der Waals surface area (Å²) in [5, 5.41) is 12.1. The number of carboxylic acid groups (broad SMARTS) is 1. The monoisotopic (exact) mass is 387 g/mol. The van der Waals surface area contributed by atoms with Crippen LogP contribution in [0.4, 0.5) is 17.1 Å². The number of halogens is 1. The van der Waals surface area contributed by atoms with E-state index in [4.69, 9.17) is 16.7 Å². The lowest BCUT2D eigenvalue weighted by atomic mass is 10.2. The number of piperazine rings is 1. The third-order valence-corrected chi connectivity index (χ3v) is 4.77. The largest absolute Gasteiger partial charge is 0.481 e. The number of aliphatic carboxylic acids is 1. The molecule has 1 fully saturated rings. The molecule has 142 valence electrons. The smallest absolute Gasteiger partial charge is 0.303 e. The van der Waals surface area contributed by atoms with Crippen molar-refractivity contribution in [3.63, 3.8) is 0 Å². The van der Waals surface area contributed by atoms with Crippen molar-refractivity contribution in [2.75, 3.05) is 41.3 Å². The lowest BCUT2D eigenvalue weighted by Crippen LogP contribution is -2.46. The molecule has 0 unspecified atom stereocenters. The number of carbonyl (C=O) groups excluding carboxylic acids is 1. The van der Waals surface area contributed by atoms with Crippen LogP contribution in [0.2, 0.25) is 5.02 Å². The maximum Gasteiger partial charge on any atom is 0.303 e. The number of carbonyl (C=O) groups is 2. The van der Waals surface area contributed by atoms with Crippen LogP contribution in [0.3, 0.4) is 0 Å². The Balaban J connectivity index is 1.52. The van der Waals surface area contributed by atoms with Crippen LogP contribution in [0.25, 0.3) is 0 Å². The molecule has 2 aromatic rings. The Kier molecular flexibility index (Phi) is 6.19. The zero-order valence-corrected chi connectivity index (χ0v) is 15.7. The van der Waals surface area contributed by atoms with Crippen molar-refractivity contribution >= 4 is 40.5 Å². The molecule has 27 heavy (non-hydrogen) atoms. The van der Waals surface area contributed by atoms with Crippen molar-refractivity contribution in [1.29, 1.82) is 0 Å². The SMILES string of the molecule is O=C(O)CCC(=O)Nc1ccc(N2CCN(c3cccc(Cl)c3)CC2)cc1. The first-order valence-electron chi connectivity index (χ1n) is 8.88. The van der Waals surface area contributed by atoms with Gasteiger partial charge in [-0.2, -0.15) is 0 Å². The molecule has 6 nitrogen and oxygen atoms in total. The van der Waals surface area contributed by atoms with Gasteiger partial charge in [0.25, 0.3) is 0 Å². The van der Waals surface area contributed by atoms with Crippen molar-refractivity contribution in [3.05, 3.63) is 53.6 Å². The predicted molar refractivity (Wildman–Crippen MR) is 108 cm³/mol. The summed E-state index contributed by atoms with van der Waals surface area (Å²) in [6.45, 7) is 3.62.